The lowest BCUT2D eigenvalue weighted by atomic mass is 10.1. The van der Waals surface area contributed by atoms with Gasteiger partial charge in [0.15, 0.2) is 25.4 Å². The molecule has 256 valence electrons. The first-order valence-corrected chi connectivity index (χ1v) is 19.8. The Balaban J connectivity index is 1.84. The molecular formula is C27H27N5O12S4. The summed E-state index contributed by atoms with van der Waals surface area (Å²) in [7, 11) is -17.1. The van der Waals surface area contributed by atoms with E-state index in [2.05, 4.69) is 25.8 Å². The number of hydrogen-bond acceptors (Lipinski definition) is 15. The van der Waals surface area contributed by atoms with Crippen LogP contribution in [0.5, 0.6) is 11.5 Å². The highest BCUT2D eigenvalue weighted by Gasteiger charge is 2.22. The number of rotatable bonds is 12. The zero-order valence-corrected chi connectivity index (χ0v) is 28.1. The Hall–Kier alpha value is -4.54. The monoisotopic (exact) mass is 741 g/mol. The number of hydrogen-bond donors (Lipinski definition) is 5. The molecule has 0 aliphatic carbocycles. The largest absolute Gasteiger partial charge is 0.506 e. The summed E-state index contributed by atoms with van der Waals surface area (Å²) in [6, 6.07) is 11.4. The van der Waals surface area contributed by atoms with Crippen LogP contribution in [0.2, 0.25) is 0 Å². The minimum Gasteiger partial charge on any atom is -0.506 e. The third-order valence-corrected chi connectivity index (χ3v) is 11.6. The van der Waals surface area contributed by atoms with E-state index in [1.54, 1.807) is 0 Å². The highest BCUT2D eigenvalue weighted by Crippen LogP contribution is 2.44. The number of phenolic OH excluding ortho intramolecular Hbond substituents is 2. The van der Waals surface area contributed by atoms with Crippen LogP contribution in [0.25, 0.3) is 10.8 Å². The summed E-state index contributed by atoms with van der Waals surface area (Å²) in [5.74, 6) is -2.51. The topological polar surface area (TPSA) is 279 Å². The van der Waals surface area contributed by atoms with Crippen LogP contribution in [-0.4, -0.2) is 70.4 Å². The maximum absolute atomic E-state index is 12.3. The van der Waals surface area contributed by atoms with Gasteiger partial charge in [-0.3, -0.25) is 9.11 Å². The second-order valence-electron chi connectivity index (χ2n) is 9.86. The minimum atomic E-state index is -5.02. The fourth-order valence-corrected chi connectivity index (χ4v) is 7.03. The summed E-state index contributed by atoms with van der Waals surface area (Å²) in [5.41, 5.74) is -0.987. The van der Waals surface area contributed by atoms with E-state index in [4.69, 9.17) is 0 Å². The third-order valence-electron chi connectivity index (χ3n) is 6.73. The van der Waals surface area contributed by atoms with Gasteiger partial charge >= 0.3 is 0 Å². The fourth-order valence-electron chi connectivity index (χ4n) is 4.17. The molecule has 0 bridgehead atoms. The second kappa shape index (κ2) is 13.5. The molecule has 48 heavy (non-hydrogen) atoms. The third kappa shape index (κ3) is 8.11. The number of nitrogens with one attached hydrogen (secondary N) is 1. The Morgan fingerprint density at radius 1 is 0.625 bits per heavy atom. The van der Waals surface area contributed by atoms with Gasteiger partial charge in [0.05, 0.1) is 27.0 Å². The molecule has 0 fully saturated rings. The zero-order chi connectivity index (χ0) is 35.7. The molecule has 0 radical (unpaired) electrons. The van der Waals surface area contributed by atoms with Crippen molar-refractivity contribution in [2.45, 2.75) is 28.5 Å². The Morgan fingerprint density at radius 2 is 1.15 bits per heavy atom. The lowest BCUT2D eigenvalue weighted by Gasteiger charge is -2.12. The van der Waals surface area contributed by atoms with E-state index in [-0.39, 0.29) is 49.9 Å². The maximum atomic E-state index is 12.3. The molecule has 4 aromatic rings. The average Bonchev–Trinajstić information content (AvgIpc) is 3.02. The number of sulfone groups is 2. The van der Waals surface area contributed by atoms with E-state index in [9.17, 15) is 53.0 Å². The molecular weight excluding hydrogens is 715 g/mol. The van der Waals surface area contributed by atoms with Crippen molar-refractivity contribution in [3.8, 4) is 11.5 Å². The molecule has 0 heterocycles. The number of anilines is 1. The highest BCUT2D eigenvalue weighted by atomic mass is 32.2. The van der Waals surface area contributed by atoms with Gasteiger partial charge in [-0.25, -0.2) is 16.8 Å². The molecule has 0 saturated carbocycles. The van der Waals surface area contributed by atoms with Crippen molar-refractivity contribution in [2.24, 2.45) is 20.5 Å². The van der Waals surface area contributed by atoms with Crippen LogP contribution in [0.15, 0.2) is 95.8 Å². The van der Waals surface area contributed by atoms with Gasteiger partial charge in [0, 0.05) is 16.8 Å². The first kappa shape index (κ1) is 36.3. The molecule has 0 aromatic heterocycles. The number of phenols is 2. The Kier molecular flexibility index (Phi) is 10.2. The molecule has 4 aromatic carbocycles. The van der Waals surface area contributed by atoms with Crippen molar-refractivity contribution in [3.05, 3.63) is 60.7 Å². The predicted octanol–water partition coefficient (Wildman–Crippen LogP) is 5.17. The normalized spacial score (nSPS) is 13.1. The van der Waals surface area contributed by atoms with Crippen LogP contribution in [0.4, 0.5) is 28.4 Å². The van der Waals surface area contributed by atoms with Gasteiger partial charge in [0.25, 0.3) is 20.2 Å². The molecule has 0 amide bonds. The average molecular weight is 742 g/mol. The molecule has 4 rings (SSSR count). The lowest BCUT2D eigenvalue weighted by Crippen LogP contribution is -2.13. The Morgan fingerprint density at radius 3 is 1.71 bits per heavy atom. The van der Waals surface area contributed by atoms with Gasteiger partial charge in [0.2, 0.25) is 0 Å². The fraction of sp³-hybridized carbons (Fsp3) is 0.185. The van der Waals surface area contributed by atoms with Gasteiger partial charge in [-0.15, -0.1) is 20.5 Å². The summed E-state index contributed by atoms with van der Waals surface area (Å²) < 4.78 is 115. The van der Waals surface area contributed by atoms with E-state index in [0.29, 0.717) is 6.07 Å². The van der Waals surface area contributed by atoms with Gasteiger partial charge < -0.3 is 15.5 Å². The molecule has 0 atom stereocenters. The molecule has 17 nitrogen and oxygen atoms in total. The minimum absolute atomic E-state index is 0.0470. The summed E-state index contributed by atoms with van der Waals surface area (Å²) in [5, 5.41) is 39.6. The Bertz CT molecular complexity index is 2430. The molecule has 5 N–H and O–H groups in total. The smallest absolute Gasteiger partial charge is 0.296 e. The van der Waals surface area contributed by atoms with Crippen molar-refractivity contribution in [1.29, 1.82) is 0 Å². The SMILES string of the molecule is CCS(=O)(=O)c1ccc(/N=N/c2ccc3c(/N=N/c4ccc(S(=O)(=O)CC)cc4S(=O)(=O)O)c(NCS(=O)(=O)O)ccc3c2O)c(O)c1. The van der Waals surface area contributed by atoms with E-state index >= 15 is 0 Å². The van der Waals surface area contributed by atoms with E-state index in [0.717, 1.165) is 18.2 Å². The number of azo groups is 2. The van der Waals surface area contributed by atoms with Crippen molar-refractivity contribution < 1.29 is 53.0 Å². The van der Waals surface area contributed by atoms with Gasteiger partial charge in [-0.2, -0.15) is 16.8 Å². The van der Waals surface area contributed by atoms with Crippen LogP contribution in [-0.2, 0) is 39.9 Å². The number of fused-ring (bicyclic) bond motifs is 1. The van der Waals surface area contributed by atoms with Crippen LogP contribution in [0.3, 0.4) is 0 Å². The highest BCUT2D eigenvalue weighted by molar-refractivity contribution is 7.91. The molecule has 21 heteroatoms. The summed E-state index contributed by atoms with van der Waals surface area (Å²) in [6.45, 7) is 2.78. The first-order chi connectivity index (χ1) is 22.3. The van der Waals surface area contributed by atoms with Crippen LogP contribution >= 0.6 is 0 Å². The van der Waals surface area contributed by atoms with Gasteiger partial charge in [-0.05, 0) is 54.6 Å². The molecule has 0 spiro atoms. The van der Waals surface area contributed by atoms with Crippen molar-refractivity contribution >= 4 is 79.1 Å². The van der Waals surface area contributed by atoms with Crippen LogP contribution in [0, 0.1) is 0 Å². The molecule has 0 aliphatic heterocycles. The molecule has 0 unspecified atom stereocenters. The zero-order valence-electron chi connectivity index (χ0n) is 24.9. The summed E-state index contributed by atoms with van der Waals surface area (Å²) >= 11 is 0. The van der Waals surface area contributed by atoms with Gasteiger partial charge in [-0.1, -0.05) is 13.8 Å². The first-order valence-electron chi connectivity index (χ1n) is 13.5. The van der Waals surface area contributed by atoms with Crippen LogP contribution in [0.1, 0.15) is 13.8 Å². The van der Waals surface area contributed by atoms with Gasteiger partial charge in [0.1, 0.15) is 39.3 Å². The Labute approximate surface area is 275 Å². The maximum Gasteiger partial charge on any atom is 0.296 e. The summed E-state index contributed by atoms with van der Waals surface area (Å²) in [6.07, 6.45) is 0. The van der Waals surface area contributed by atoms with E-state index in [1.165, 1.54) is 50.2 Å². The van der Waals surface area contributed by atoms with Crippen LogP contribution < -0.4 is 5.32 Å². The standard InChI is InChI=1S/C27H27N5O12S4/c1-3-45(35,36)16-5-9-20(24(33)13-16)29-31-23-12-7-18-19(27(23)34)8-11-22(28-15-47(39,40)41)26(18)32-30-21-10-6-17(46(37,38)4-2)14-25(21)48(42,43)44/h5-14,28,33-34H,3-4,15H2,1-2H3,(H,39,40,41)(H,42,43,44)/b31-29+,32-30+. The number of aromatic hydroxyl groups is 2. The van der Waals surface area contributed by atoms with Crippen molar-refractivity contribution in [3.63, 3.8) is 0 Å². The quantitative estimate of drug-likeness (QED) is 0.0926. The second-order valence-corrected chi connectivity index (χ2v) is 17.3. The van der Waals surface area contributed by atoms with E-state index in [1.807, 2.05) is 0 Å². The predicted molar refractivity (Wildman–Crippen MR) is 174 cm³/mol. The summed E-state index contributed by atoms with van der Waals surface area (Å²) in [4.78, 5) is -1.41. The molecule has 0 aliphatic rings. The van der Waals surface area contributed by atoms with Crippen molar-refractivity contribution in [2.75, 3.05) is 22.7 Å². The lowest BCUT2D eigenvalue weighted by molar-refractivity contribution is 0.473. The molecule has 0 saturated heterocycles. The number of nitrogens with zero attached hydrogens (tertiary/aromatic N) is 4. The number of benzene rings is 4. The van der Waals surface area contributed by atoms with Crippen molar-refractivity contribution in [1.82, 2.24) is 0 Å². The van der Waals surface area contributed by atoms with E-state index < -0.39 is 72.8 Å².